The van der Waals surface area contributed by atoms with Crippen molar-refractivity contribution in [3.63, 3.8) is 0 Å². The molecule has 1 heterocycles. The summed E-state index contributed by atoms with van der Waals surface area (Å²) >= 11 is 1.27. The molecule has 3 N–H and O–H groups in total. The highest BCUT2D eigenvalue weighted by Crippen LogP contribution is 2.15. The monoisotopic (exact) mass is 172 g/mol. The minimum atomic E-state index is -1.01. The molecule has 0 saturated heterocycles. The Morgan fingerprint density at radius 3 is 2.82 bits per heavy atom. The molecule has 60 valence electrons. The molecular weight excluding hydrogens is 164 g/mol. The summed E-state index contributed by atoms with van der Waals surface area (Å²) in [6.07, 6.45) is 0. The first-order valence-electron chi connectivity index (χ1n) is 3.05. The van der Waals surface area contributed by atoms with Crippen molar-refractivity contribution in [2.24, 2.45) is 5.73 Å². The number of thiazole rings is 1. The molecule has 1 aromatic heterocycles. The zero-order valence-corrected chi connectivity index (χ0v) is 6.76. The van der Waals surface area contributed by atoms with Gasteiger partial charge in [-0.1, -0.05) is 0 Å². The van der Waals surface area contributed by atoms with Crippen LogP contribution in [0.1, 0.15) is 28.5 Å². The second-order valence-corrected chi connectivity index (χ2v) is 3.05. The van der Waals surface area contributed by atoms with Crippen molar-refractivity contribution >= 4 is 17.3 Å². The summed E-state index contributed by atoms with van der Waals surface area (Å²) in [4.78, 5) is 14.1. The van der Waals surface area contributed by atoms with Crippen molar-refractivity contribution in [1.82, 2.24) is 4.98 Å². The summed E-state index contributed by atoms with van der Waals surface area (Å²) in [5.41, 5.74) is 5.55. The van der Waals surface area contributed by atoms with Crippen LogP contribution < -0.4 is 5.73 Å². The van der Waals surface area contributed by atoms with Crippen LogP contribution in [0.2, 0.25) is 0 Å². The number of carboxylic acid groups (broad SMARTS) is 1. The van der Waals surface area contributed by atoms with E-state index in [4.69, 9.17) is 10.8 Å². The molecule has 0 fully saturated rings. The van der Waals surface area contributed by atoms with Gasteiger partial charge in [0.15, 0.2) is 5.69 Å². The van der Waals surface area contributed by atoms with E-state index in [9.17, 15) is 4.79 Å². The molecule has 0 amide bonds. The van der Waals surface area contributed by atoms with Crippen molar-refractivity contribution < 1.29 is 9.90 Å². The molecule has 1 aromatic rings. The molecule has 0 saturated carbocycles. The lowest BCUT2D eigenvalue weighted by atomic mass is 10.4. The fraction of sp³-hybridized carbons (Fsp3) is 0.333. The molecule has 0 aliphatic heterocycles. The maximum absolute atomic E-state index is 10.3. The predicted octanol–water partition coefficient (Wildman–Crippen LogP) is 0.861. The third-order valence-electron chi connectivity index (χ3n) is 1.13. The second-order valence-electron chi connectivity index (χ2n) is 2.16. The van der Waals surface area contributed by atoms with Gasteiger partial charge >= 0.3 is 5.97 Å². The van der Waals surface area contributed by atoms with Crippen LogP contribution in [-0.4, -0.2) is 16.1 Å². The van der Waals surface area contributed by atoms with E-state index in [1.807, 2.05) is 0 Å². The fourth-order valence-corrected chi connectivity index (χ4v) is 1.35. The predicted molar refractivity (Wildman–Crippen MR) is 41.7 cm³/mol. The quantitative estimate of drug-likeness (QED) is 0.693. The van der Waals surface area contributed by atoms with Crippen LogP contribution >= 0.6 is 11.3 Å². The number of aromatic carboxylic acids is 1. The van der Waals surface area contributed by atoms with Crippen LogP contribution in [0.4, 0.5) is 0 Å². The van der Waals surface area contributed by atoms with Gasteiger partial charge in [-0.2, -0.15) is 0 Å². The van der Waals surface area contributed by atoms with E-state index in [0.29, 0.717) is 5.01 Å². The Balaban J connectivity index is 2.90. The van der Waals surface area contributed by atoms with Crippen LogP contribution in [0, 0.1) is 0 Å². The van der Waals surface area contributed by atoms with Gasteiger partial charge in [0.2, 0.25) is 0 Å². The summed E-state index contributed by atoms with van der Waals surface area (Å²) in [6.45, 7) is 1.77. The smallest absolute Gasteiger partial charge is 0.355 e. The van der Waals surface area contributed by atoms with Crippen molar-refractivity contribution in [3.05, 3.63) is 16.1 Å². The third-order valence-corrected chi connectivity index (χ3v) is 2.18. The summed E-state index contributed by atoms with van der Waals surface area (Å²) in [6, 6.07) is -0.187. The molecule has 1 rings (SSSR count). The summed E-state index contributed by atoms with van der Waals surface area (Å²) < 4.78 is 0. The Morgan fingerprint density at radius 2 is 2.55 bits per heavy atom. The Morgan fingerprint density at radius 1 is 1.91 bits per heavy atom. The Bertz CT molecular complexity index is 269. The van der Waals surface area contributed by atoms with Gasteiger partial charge in [-0.05, 0) is 6.92 Å². The van der Waals surface area contributed by atoms with Gasteiger partial charge in [-0.25, -0.2) is 9.78 Å². The van der Waals surface area contributed by atoms with Crippen molar-refractivity contribution in [1.29, 1.82) is 0 Å². The summed E-state index contributed by atoms with van der Waals surface area (Å²) in [7, 11) is 0. The average molecular weight is 172 g/mol. The number of hydrogen-bond acceptors (Lipinski definition) is 4. The zero-order chi connectivity index (χ0) is 8.43. The van der Waals surface area contributed by atoms with E-state index < -0.39 is 5.97 Å². The molecule has 0 radical (unpaired) electrons. The van der Waals surface area contributed by atoms with Crippen LogP contribution in [0.25, 0.3) is 0 Å². The van der Waals surface area contributed by atoms with Gasteiger partial charge in [0.25, 0.3) is 0 Å². The molecule has 0 spiro atoms. The second kappa shape index (κ2) is 2.98. The SMILES string of the molecule is C[C@H](N)c1nc(C(=O)O)cs1. The first-order valence-corrected chi connectivity index (χ1v) is 3.93. The number of rotatable bonds is 2. The van der Waals surface area contributed by atoms with E-state index in [-0.39, 0.29) is 11.7 Å². The maximum atomic E-state index is 10.3. The lowest BCUT2D eigenvalue weighted by Crippen LogP contribution is -2.05. The summed E-state index contributed by atoms with van der Waals surface area (Å²) in [5, 5.41) is 10.6. The molecule has 5 heteroatoms. The van der Waals surface area contributed by atoms with Gasteiger partial charge < -0.3 is 10.8 Å². The highest BCUT2D eigenvalue weighted by Gasteiger charge is 2.10. The number of nitrogens with zero attached hydrogens (tertiary/aromatic N) is 1. The first-order chi connectivity index (χ1) is 5.11. The van der Waals surface area contributed by atoms with Crippen molar-refractivity contribution in [2.45, 2.75) is 13.0 Å². The van der Waals surface area contributed by atoms with Crippen molar-refractivity contribution in [2.75, 3.05) is 0 Å². The largest absolute Gasteiger partial charge is 0.476 e. The van der Waals surface area contributed by atoms with E-state index in [2.05, 4.69) is 4.98 Å². The van der Waals surface area contributed by atoms with Crippen molar-refractivity contribution in [3.8, 4) is 0 Å². The minimum Gasteiger partial charge on any atom is -0.476 e. The van der Waals surface area contributed by atoms with E-state index in [0.717, 1.165) is 0 Å². The van der Waals surface area contributed by atoms with Crippen LogP contribution in [0.3, 0.4) is 0 Å². The Kier molecular flexibility index (Phi) is 2.21. The fourth-order valence-electron chi connectivity index (χ4n) is 0.595. The molecule has 0 bridgehead atoms. The average Bonchev–Trinajstić information content (AvgIpc) is 2.33. The lowest BCUT2D eigenvalue weighted by molar-refractivity contribution is 0.0691. The van der Waals surface area contributed by atoms with Gasteiger partial charge in [0.05, 0.1) is 6.04 Å². The van der Waals surface area contributed by atoms with Crippen LogP contribution in [0.5, 0.6) is 0 Å². The number of carboxylic acids is 1. The maximum Gasteiger partial charge on any atom is 0.355 e. The number of carbonyl (C=O) groups is 1. The molecule has 11 heavy (non-hydrogen) atoms. The Hall–Kier alpha value is -0.940. The molecular formula is C6H8N2O2S. The van der Waals surface area contributed by atoms with E-state index >= 15 is 0 Å². The van der Waals surface area contributed by atoms with Gasteiger partial charge in [0.1, 0.15) is 5.01 Å². The molecule has 0 unspecified atom stereocenters. The molecule has 4 nitrogen and oxygen atoms in total. The standard InChI is InChI=1S/C6H8N2O2S/c1-3(7)5-8-4(2-11-5)6(9)10/h2-3H,7H2,1H3,(H,9,10)/t3-/m0/s1. The van der Waals surface area contributed by atoms with Gasteiger partial charge in [-0.15, -0.1) is 11.3 Å². The Labute approximate surface area is 67.7 Å². The third kappa shape index (κ3) is 1.75. The van der Waals surface area contributed by atoms with E-state index in [1.54, 1.807) is 6.92 Å². The van der Waals surface area contributed by atoms with Gasteiger partial charge in [0, 0.05) is 5.38 Å². The molecule has 0 aromatic carbocycles. The lowest BCUT2D eigenvalue weighted by Gasteiger charge is -1.95. The van der Waals surface area contributed by atoms with E-state index in [1.165, 1.54) is 16.7 Å². The minimum absolute atomic E-state index is 0.0716. The highest BCUT2D eigenvalue weighted by molar-refractivity contribution is 7.09. The van der Waals surface area contributed by atoms with Crippen LogP contribution in [0.15, 0.2) is 5.38 Å². The summed E-state index contributed by atoms with van der Waals surface area (Å²) in [5.74, 6) is -1.01. The number of nitrogens with two attached hydrogens (primary N) is 1. The zero-order valence-electron chi connectivity index (χ0n) is 5.94. The van der Waals surface area contributed by atoms with Gasteiger partial charge in [-0.3, -0.25) is 0 Å². The van der Waals surface area contributed by atoms with Crippen LogP contribution in [-0.2, 0) is 0 Å². The molecule has 1 atom stereocenters. The number of hydrogen-bond donors (Lipinski definition) is 2. The molecule has 0 aliphatic carbocycles. The number of aromatic nitrogens is 1. The molecule has 0 aliphatic rings. The first kappa shape index (κ1) is 8.16. The highest BCUT2D eigenvalue weighted by atomic mass is 32.1. The topological polar surface area (TPSA) is 76.2 Å². The normalized spacial score (nSPS) is 12.9.